The zero-order chi connectivity index (χ0) is 13.4. The van der Waals surface area contributed by atoms with Gasteiger partial charge in [0.05, 0.1) is 11.3 Å². The number of hydrogen-bond donors (Lipinski definition) is 1. The number of hydrogen-bond acceptors (Lipinski definition) is 3. The Kier molecular flexibility index (Phi) is 2.85. The first-order chi connectivity index (χ1) is 9.15. The third-order valence-corrected chi connectivity index (χ3v) is 3.68. The highest BCUT2D eigenvalue weighted by molar-refractivity contribution is 5.95. The Hall–Kier alpha value is -2.11. The Morgan fingerprint density at radius 2 is 2.37 bits per heavy atom. The van der Waals surface area contributed by atoms with Gasteiger partial charge in [0.25, 0.3) is 5.91 Å². The summed E-state index contributed by atoms with van der Waals surface area (Å²) in [7, 11) is 1.83. The zero-order valence-corrected chi connectivity index (χ0v) is 11.1. The van der Waals surface area contributed by atoms with Crippen molar-refractivity contribution in [1.29, 1.82) is 0 Å². The number of carbonyl (C=O) groups excluding carboxylic acids is 1. The lowest BCUT2D eigenvalue weighted by atomic mass is 10.1. The van der Waals surface area contributed by atoms with Crippen LogP contribution in [0.3, 0.4) is 0 Å². The number of aryl methyl sites for hydroxylation is 2. The first kappa shape index (κ1) is 12.0. The van der Waals surface area contributed by atoms with E-state index in [9.17, 15) is 4.79 Å². The van der Waals surface area contributed by atoms with E-state index in [4.69, 9.17) is 0 Å². The summed E-state index contributed by atoms with van der Waals surface area (Å²) < 4.78 is 1.69. The standard InChI is InChI=1S/C13H17N5O/c1-9-11(8-17(2)16-9)13(19)18-6-4-10(7-18)12-3-5-14-15-12/h3,5,8,10H,4,6-7H2,1-2H3,(H,14,15)/t10-/m0/s1. The van der Waals surface area contributed by atoms with Crippen LogP contribution in [-0.4, -0.2) is 43.9 Å². The van der Waals surface area contributed by atoms with Crippen molar-refractivity contribution in [2.24, 2.45) is 7.05 Å². The zero-order valence-electron chi connectivity index (χ0n) is 11.1. The normalized spacial score (nSPS) is 19.1. The molecule has 0 bridgehead atoms. The van der Waals surface area contributed by atoms with Crippen LogP contribution in [0.2, 0.25) is 0 Å². The molecule has 1 N–H and O–H groups in total. The van der Waals surface area contributed by atoms with Gasteiger partial charge < -0.3 is 4.90 Å². The molecule has 3 rings (SSSR count). The van der Waals surface area contributed by atoms with Crippen molar-refractivity contribution in [1.82, 2.24) is 24.9 Å². The number of aromatic nitrogens is 4. The molecule has 0 radical (unpaired) electrons. The van der Waals surface area contributed by atoms with Crippen LogP contribution in [0.15, 0.2) is 18.5 Å². The second-order valence-electron chi connectivity index (χ2n) is 5.05. The molecule has 2 aromatic heterocycles. The lowest BCUT2D eigenvalue weighted by Crippen LogP contribution is -2.28. The van der Waals surface area contributed by atoms with Gasteiger partial charge in [0, 0.05) is 44.1 Å². The number of amides is 1. The minimum absolute atomic E-state index is 0.0765. The molecule has 19 heavy (non-hydrogen) atoms. The van der Waals surface area contributed by atoms with E-state index in [0.29, 0.717) is 11.5 Å². The molecule has 0 saturated carbocycles. The molecule has 0 spiro atoms. The van der Waals surface area contributed by atoms with E-state index in [1.54, 1.807) is 17.1 Å². The first-order valence-electron chi connectivity index (χ1n) is 6.44. The van der Waals surface area contributed by atoms with Gasteiger partial charge >= 0.3 is 0 Å². The van der Waals surface area contributed by atoms with Crippen LogP contribution in [0.1, 0.15) is 34.1 Å². The monoisotopic (exact) mass is 259 g/mol. The molecule has 0 aliphatic carbocycles. The first-order valence-corrected chi connectivity index (χ1v) is 6.44. The van der Waals surface area contributed by atoms with E-state index in [0.717, 1.165) is 30.9 Å². The molecular weight excluding hydrogens is 242 g/mol. The lowest BCUT2D eigenvalue weighted by Gasteiger charge is -2.15. The van der Waals surface area contributed by atoms with Gasteiger partial charge in [-0.2, -0.15) is 10.2 Å². The van der Waals surface area contributed by atoms with Gasteiger partial charge in [-0.3, -0.25) is 14.6 Å². The summed E-state index contributed by atoms with van der Waals surface area (Å²) in [6.07, 6.45) is 4.53. The van der Waals surface area contributed by atoms with Crippen molar-refractivity contribution in [3.63, 3.8) is 0 Å². The highest BCUT2D eigenvalue weighted by Crippen LogP contribution is 2.26. The molecule has 0 aromatic carbocycles. The summed E-state index contributed by atoms with van der Waals surface area (Å²) in [5, 5.41) is 11.2. The molecule has 1 aliphatic heterocycles. The van der Waals surface area contributed by atoms with E-state index in [1.165, 1.54) is 0 Å². The molecule has 1 amide bonds. The number of H-pyrrole nitrogens is 1. The Balaban J connectivity index is 1.74. The Morgan fingerprint density at radius 1 is 1.53 bits per heavy atom. The van der Waals surface area contributed by atoms with Gasteiger partial charge in [-0.1, -0.05) is 0 Å². The molecule has 1 fully saturated rings. The minimum Gasteiger partial charge on any atom is -0.338 e. The second kappa shape index (κ2) is 4.53. The lowest BCUT2D eigenvalue weighted by molar-refractivity contribution is 0.0790. The average molecular weight is 259 g/mol. The summed E-state index contributed by atoms with van der Waals surface area (Å²) in [5.74, 6) is 0.441. The number of carbonyl (C=O) groups is 1. The number of nitrogens with zero attached hydrogens (tertiary/aromatic N) is 4. The van der Waals surface area contributed by atoms with Crippen LogP contribution >= 0.6 is 0 Å². The predicted octanol–water partition coefficient (Wildman–Crippen LogP) is 1.08. The largest absolute Gasteiger partial charge is 0.338 e. The third kappa shape index (κ3) is 2.14. The quantitative estimate of drug-likeness (QED) is 0.877. The Bertz CT molecular complexity index is 586. The van der Waals surface area contributed by atoms with E-state index in [-0.39, 0.29) is 5.91 Å². The highest BCUT2D eigenvalue weighted by atomic mass is 16.2. The molecule has 1 saturated heterocycles. The highest BCUT2D eigenvalue weighted by Gasteiger charge is 2.29. The van der Waals surface area contributed by atoms with Gasteiger partial charge in [-0.15, -0.1) is 0 Å². The molecule has 3 heterocycles. The fourth-order valence-corrected chi connectivity index (χ4v) is 2.67. The van der Waals surface area contributed by atoms with Gasteiger partial charge in [0.15, 0.2) is 0 Å². The maximum atomic E-state index is 12.4. The van der Waals surface area contributed by atoms with E-state index < -0.39 is 0 Å². The third-order valence-electron chi connectivity index (χ3n) is 3.68. The maximum Gasteiger partial charge on any atom is 0.257 e. The van der Waals surface area contributed by atoms with Crippen LogP contribution in [0.4, 0.5) is 0 Å². The van der Waals surface area contributed by atoms with E-state index in [1.807, 2.05) is 24.9 Å². The summed E-state index contributed by atoms with van der Waals surface area (Å²) in [5.41, 5.74) is 2.60. The number of likely N-dealkylation sites (tertiary alicyclic amines) is 1. The number of nitrogens with one attached hydrogen (secondary N) is 1. The van der Waals surface area contributed by atoms with Crippen LogP contribution in [0, 0.1) is 6.92 Å². The van der Waals surface area contributed by atoms with Crippen LogP contribution < -0.4 is 0 Å². The van der Waals surface area contributed by atoms with Crippen molar-refractivity contribution < 1.29 is 4.79 Å². The molecule has 6 heteroatoms. The van der Waals surface area contributed by atoms with E-state index in [2.05, 4.69) is 15.3 Å². The molecule has 0 unspecified atom stereocenters. The van der Waals surface area contributed by atoms with Crippen molar-refractivity contribution in [2.45, 2.75) is 19.3 Å². The SMILES string of the molecule is Cc1nn(C)cc1C(=O)N1CC[C@H](c2ccn[nH]2)C1. The van der Waals surface area contributed by atoms with Gasteiger partial charge in [-0.25, -0.2) is 0 Å². The van der Waals surface area contributed by atoms with Crippen molar-refractivity contribution >= 4 is 5.91 Å². The summed E-state index contributed by atoms with van der Waals surface area (Å²) in [6, 6.07) is 1.98. The van der Waals surface area contributed by atoms with Crippen molar-refractivity contribution in [3.8, 4) is 0 Å². The predicted molar refractivity (Wildman–Crippen MR) is 69.8 cm³/mol. The van der Waals surface area contributed by atoms with Gasteiger partial charge in [0.1, 0.15) is 0 Å². The number of aromatic amines is 1. The van der Waals surface area contributed by atoms with Gasteiger partial charge in [0.2, 0.25) is 0 Å². The number of rotatable bonds is 2. The summed E-state index contributed by atoms with van der Waals surface area (Å²) >= 11 is 0. The molecule has 1 aliphatic rings. The van der Waals surface area contributed by atoms with Crippen LogP contribution in [-0.2, 0) is 7.05 Å². The van der Waals surface area contributed by atoms with Crippen molar-refractivity contribution in [2.75, 3.05) is 13.1 Å². The van der Waals surface area contributed by atoms with Crippen molar-refractivity contribution in [3.05, 3.63) is 35.4 Å². The Labute approximate surface area is 111 Å². The van der Waals surface area contributed by atoms with E-state index >= 15 is 0 Å². The molecule has 100 valence electrons. The fourth-order valence-electron chi connectivity index (χ4n) is 2.67. The average Bonchev–Trinajstić information content (AvgIpc) is 3.06. The van der Waals surface area contributed by atoms with Crippen LogP contribution in [0.25, 0.3) is 0 Å². The molecule has 6 nitrogen and oxygen atoms in total. The van der Waals surface area contributed by atoms with Gasteiger partial charge in [-0.05, 0) is 19.4 Å². The molecule has 1 atom stereocenters. The smallest absolute Gasteiger partial charge is 0.257 e. The fraction of sp³-hybridized carbons (Fsp3) is 0.462. The molecule has 2 aromatic rings. The van der Waals surface area contributed by atoms with Crippen LogP contribution in [0.5, 0.6) is 0 Å². The summed E-state index contributed by atoms with van der Waals surface area (Å²) in [6.45, 7) is 3.40. The maximum absolute atomic E-state index is 12.4. The molecular formula is C13H17N5O. The topological polar surface area (TPSA) is 66.8 Å². The second-order valence-corrected chi connectivity index (χ2v) is 5.05. The summed E-state index contributed by atoms with van der Waals surface area (Å²) in [4.78, 5) is 14.3. The Morgan fingerprint density at radius 3 is 3.00 bits per heavy atom. The minimum atomic E-state index is 0.0765.